The molecule has 0 aliphatic rings. The normalized spacial score (nSPS) is 10.4. The molecule has 0 aliphatic carbocycles. The first kappa shape index (κ1) is 17.0. The average molecular weight is 355 g/mol. The van der Waals surface area contributed by atoms with Crippen molar-refractivity contribution in [2.24, 2.45) is 0 Å². The van der Waals surface area contributed by atoms with E-state index in [-0.39, 0.29) is 0 Å². The van der Waals surface area contributed by atoms with E-state index in [0.717, 1.165) is 28.3 Å². The van der Waals surface area contributed by atoms with Gasteiger partial charge < -0.3 is 16.0 Å². The van der Waals surface area contributed by atoms with Gasteiger partial charge in [0.2, 0.25) is 5.95 Å². The van der Waals surface area contributed by atoms with E-state index in [1.165, 1.54) is 0 Å². The van der Waals surface area contributed by atoms with Crippen LogP contribution in [0, 0.1) is 13.8 Å². The Hall–Kier alpha value is -2.86. The Labute approximate surface area is 151 Å². The molecule has 1 aromatic carbocycles. The molecule has 7 heteroatoms. The highest BCUT2D eigenvalue weighted by molar-refractivity contribution is 6.33. The van der Waals surface area contributed by atoms with Crippen molar-refractivity contribution in [2.75, 3.05) is 23.0 Å². The second kappa shape index (κ2) is 7.36. The summed E-state index contributed by atoms with van der Waals surface area (Å²) < 4.78 is 0. The third kappa shape index (κ3) is 3.97. The van der Waals surface area contributed by atoms with E-state index in [4.69, 9.17) is 11.6 Å². The molecule has 0 unspecified atom stereocenters. The standard InChI is InChI=1S/C18H19ClN6/c1-11-6-7-15(16(9-11)20-3)23-17-13(19)10-22-18(25-17)24-14-5-4-8-21-12(14)2/h4-10,20H,1-3H3,(H2,22,23,24,25). The van der Waals surface area contributed by atoms with Crippen LogP contribution in [0.2, 0.25) is 5.02 Å². The number of halogens is 1. The van der Waals surface area contributed by atoms with E-state index in [1.54, 1.807) is 12.4 Å². The van der Waals surface area contributed by atoms with Crippen LogP contribution in [-0.2, 0) is 0 Å². The molecule has 3 rings (SSSR count). The fraction of sp³-hybridized carbons (Fsp3) is 0.167. The molecule has 3 N–H and O–H groups in total. The van der Waals surface area contributed by atoms with Gasteiger partial charge >= 0.3 is 0 Å². The molecule has 2 aromatic heterocycles. The number of hydrogen-bond donors (Lipinski definition) is 3. The van der Waals surface area contributed by atoms with E-state index < -0.39 is 0 Å². The Bertz CT molecular complexity index is 896. The number of nitrogens with one attached hydrogen (secondary N) is 3. The molecule has 6 nitrogen and oxygen atoms in total. The van der Waals surface area contributed by atoms with Crippen LogP contribution in [0.15, 0.2) is 42.7 Å². The number of hydrogen-bond acceptors (Lipinski definition) is 6. The Balaban J connectivity index is 1.89. The summed E-state index contributed by atoms with van der Waals surface area (Å²) in [5, 5.41) is 10.0. The topological polar surface area (TPSA) is 74.8 Å². The Kier molecular flexibility index (Phi) is 5.00. The molecular formula is C18H19ClN6. The smallest absolute Gasteiger partial charge is 0.229 e. The summed E-state index contributed by atoms with van der Waals surface area (Å²) in [5.74, 6) is 0.974. The number of aryl methyl sites for hydroxylation is 2. The predicted molar refractivity (Wildman–Crippen MR) is 103 cm³/mol. The lowest BCUT2D eigenvalue weighted by Gasteiger charge is -2.14. The average Bonchev–Trinajstić information content (AvgIpc) is 2.61. The molecule has 0 saturated heterocycles. The first-order valence-electron chi connectivity index (χ1n) is 7.83. The first-order chi connectivity index (χ1) is 12.1. The quantitative estimate of drug-likeness (QED) is 0.618. The monoisotopic (exact) mass is 354 g/mol. The zero-order valence-electron chi connectivity index (χ0n) is 14.3. The van der Waals surface area contributed by atoms with Gasteiger partial charge in [0.25, 0.3) is 0 Å². The fourth-order valence-corrected chi connectivity index (χ4v) is 2.49. The third-order valence-corrected chi connectivity index (χ3v) is 3.97. The van der Waals surface area contributed by atoms with Crippen LogP contribution < -0.4 is 16.0 Å². The van der Waals surface area contributed by atoms with Crippen molar-refractivity contribution in [3.8, 4) is 0 Å². The van der Waals surface area contributed by atoms with Gasteiger partial charge in [-0.05, 0) is 43.7 Å². The second-order valence-corrected chi connectivity index (χ2v) is 5.98. The molecule has 0 spiro atoms. The fourth-order valence-electron chi connectivity index (χ4n) is 2.35. The van der Waals surface area contributed by atoms with E-state index >= 15 is 0 Å². The lowest BCUT2D eigenvalue weighted by Crippen LogP contribution is -2.04. The van der Waals surface area contributed by atoms with Crippen LogP contribution in [0.1, 0.15) is 11.3 Å². The SMILES string of the molecule is CNc1cc(C)ccc1Nc1nc(Nc2cccnc2C)ncc1Cl. The van der Waals surface area contributed by atoms with Crippen molar-refractivity contribution in [2.45, 2.75) is 13.8 Å². The maximum Gasteiger partial charge on any atom is 0.229 e. The van der Waals surface area contributed by atoms with Gasteiger partial charge in [-0.1, -0.05) is 17.7 Å². The molecular weight excluding hydrogens is 336 g/mol. The van der Waals surface area contributed by atoms with Crippen molar-refractivity contribution in [3.63, 3.8) is 0 Å². The third-order valence-electron chi connectivity index (χ3n) is 3.69. The van der Waals surface area contributed by atoms with Gasteiger partial charge in [0.1, 0.15) is 5.02 Å². The summed E-state index contributed by atoms with van der Waals surface area (Å²) in [6, 6.07) is 9.84. The molecule has 0 atom stereocenters. The van der Waals surface area contributed by atoms with Crippen LogP contribution in [0.5, 0.6) is 0 Å². The van der Waals surface area contributed by atoms with E-state index in [0.29, 0.717) is 16.8 Å². The zero-order chi connectivity index (χ0) is 17.8. The number of aromatic nitrogens is 3. The molecule has 128 valence electrons. The Morgan fingerprint density at radius 2 is 1.80 bits per heavy atom. The number of benzene rings is 1. The second-order valence-electron chi connectivity index (χ2n) is 5.58. The first-order valence-corrected chi connectivity index (χ1v) is 8.21. The predicted octanol–water partition coefficient (Wildman–Crippen LogP) is 4.67. The minimum atomic E-state index is 0.441. The van der Waals surface area contributed by atoms with Crippen molar-refractivity contribution in [1.82, 2.24) is 15.0 Å². The van der Waals surface area contributed by atoms with Crippen molar-refractivity contribution in [1.29, 1.82) is 0 Å². The Morgan fingerprint density at radius 1 is 0.960 bits per heavy atom. The number of rotatable bonds is 5. The summed E-state index contributed by atoms with van der Waals surface area (Å²) in [6.45, 7) is 3.96. The molecule has 0 radical (unpaired) electrons. The van der Waals surface area contributed by atoms with E-state index in [9.17, 15) is 0 Å². The van der Waals surface area contributed by atoms with Gasteiger partial charge in [0.15, 0.2) is 5.82 Å². The van der Waals surface area contributed by atoms with Crippen LogP contribution in [-0.4, -0.2) is 22.0 Å². The van der Waals surface area contributed by atoms with Crippen LogP contribution in [0.4, 0.5) is 28.8 Å². The highest BCUT2D eigenvalue weighted by Gasteiger charge is 2.09. The van der Waals surface area contributed by atoms with Crippen LogP contribution in [0.3, 0.4) is 0 Å². The number of pyridine rings is 1. The Morgan fingerprint density at radius 3 is 2.56 bits per heavy atom. The highest BCUT2D eigenvalue weighted by atomic mass is 35.5. The van der Waals surface area contributed by atoms with Gasteiger partial charge in [-0.2, -0.15) is 4.98 Å². The maximum absolute atomic E-state index is 6.26. The van der Waals surface area contributed by atoms with Crippen molar-refractivity contribution < 1.29 is 0 Å². The van der Waals surface area contributed by atoms with Gasteiger partial charge in [-0.3, -0.25) is 4.98 Å². The van der Waals surface area contributed by atoms with Crippen molar-refractivity contribution >= 4 is 40.4 Å². The summed E-state index contributed by atoms with van der Waals surface area (Å²) in [4.78, 5) is 13.0. The lowest BCUT2D eigenvalue weighted by atomic mass is 10.2. The minimum absolute atomic E-state index is 0.441. The number of anilines is 5. The molecule has 0 fully saturated rings. The summed E-state index contributed by atoms with van der Waals surface area (Å²) in [7, 11) is 1.87. The molecule has 3 aromatic rings. The molecule has 0 bridgehead atoms. The van der Waals surface area contributed by atoms with Crippen molar-refractivity contribution in [3.05, 3.63) is 59.0 Å². The molecule has 0 amide bonds. The van der Waals surface area contributed by atoms with E-state index in [2.05, 4.69) is 37.0 Å². The lowest BCUT2D eigenvalue weighted by molar-refractivity contribution is 1.14. The maximum atomic E-state index is 6.26. The molecule has 0 saturated carbocycles. The number of nitrogens with zero attached hydrogens (tertiary/aromatic N) is 3. The summed E-state index contributed by atoms with van der Waals surface area (Å²) >= 11 is 6.26. The molecule has 25 heavy (non-hydrogen) atoms. The largest absolute Gasteiger partial charge is 0.386 e. The minimum Gasteiger partial charge on any atom is -0.386 e. The van der Waals surface area contributed by atoms with Gasteiger partial charge in [-0.15, -0.1) is 0 Å². The summed E-state index contributed by atoms with van der Waals surface area (Å²) in [5.41, 5.74) is 4.73. The summed E-state index contributed by atoms with van der Waals surface area (Å²) in [6.07, 6.45) is 3.31. The van der Waals surface area contributed by atoms with E-state index in [1.807, 2.05) is 45.2 Å². The van der Waals surface area contributed by atoms with Crippen LogP contribution >= 0.6 is 11.6 Å². The zero-order valence-corrected chi connectivity index (χ0v) is 15.0. The van der Waals surface area contributed by atoms with Crippen LogP contribution in [0.25, 0.3) is 0 Å². The van der Waals surface area contributed by atoms with Gasteiger partial charge in [-0.25, -0.2) is 4.98 Å². The molecule has 0 aliphatic heterocycles. The van der Waals surface area contributed by atoms with Gasteiger partial charge in [0, 0.05) is 13.2 Å². The molecule has 2 heterocycles. The highest BCUT2D eigenvalue weighted by Crippen LogP contribution is 2.29. The van der Waals surface area contributed by atoms with Gasteiger partial charge in [0.05, 0.1) is 29.0 Å².